The smallest absolute Gasteiger partial charge is 0.170 e. The Morgan fingerprint density at radius 2 is 1.27 bits per heavy atom. The zero-order valence-electron chi connectivity index (χ0n) is 9.39. The fourth-order valence-electron chi connectivity index (χ4n) is 2.22. The third-order valence-electron chi connectivity index (χ3n) is 3.14. The SMILES string of the molecule is C1CC2(CCN1)OCCO2.C1CCNC1. The summed E-state index contributed by atoms with van der Waals surface area (Å²) in [6.45, 7) is 6.11. The average molecular weight is 214 g/mol. The van der Waals surface area contributed by atoms with Crippen molar-refractivity contribution in [1.29, 1.82) is 0 Å². The molecule has 3 rings (SSSR count). The summed E-state index contributed by atoms with van der Waals surface area (Å²) in [5.74, 6) is -0.189. The van der Waals surface area contributed by atoms with E-state index in [1.165, 1.54) is 25.9 Å². The zero-order chi connectivity index (χ0) is 10.4. The van der Waals surface area contributed by atoms with Gasteiger partial charge in [-0.2, -0.15) is 0 Å². The van der Waals surface area contributed by atoms with E-state index in [0.29, 0.717) is 0 Å². The molecule has 88 valence electrons. The van der Waals surface area contributed by atoms with Crippen LogP contribution in [0.25, 0.3) is 0 Å². The molecule has 0 aromatic rings. The highest BCUT2D eigenvalue weighted by Crippen LogP contribution is 2.28. The van der Waals surface area contributed by atoms with E-state index in [4.69, 9.17) is 9.47 Å². The standard InChI is InChI=1S/C7H13NO2.C4H9N/c1-3-8-4-2-7(1)9-5-6-10-7;1-2-4-5-3-1/h8H,1-6H2;5H,1-4H2. The van der Waals surface area contributed by atoms with E-state index in [2.05, 4.69) is 10.6 Å². The van der Waals surface area contributed by atoms with Gasteiger partial charge < -0.3 is 20.1 Å². The molecule has 0 aromatic carbocycles. The topological polar surface area (TPSA) is 42.5 Å². The molecule has 15 heavy (non-hydrogen) atoms. The van der Waals surface area contributed by atoms with Crippen molar-refractivity contribution in [1.82, 2.24) is 10.6 Å². The van der Waals surface area contributed by atoms with E-state index < -0.39 is 0 Å². The summed E-state index contributed by atoms with van der Waals surface area (Å²) in [5, 5.41) is 6.50. The molecule has 3 aliphatic heterocycles. The Kier molecular flexibility index (Phi) is 4.38. The second kappa shape index (κ2) is 5.80. The molecular weight excluding hydrogens is 192 g/mol. The van der Waals surface area contributed by atoms with Gasteiger partial charge in [0.15, 0.2) is 5.79 Å². The van der Waals surface area contributed by atoms with Crippen molar-refractivity contribution in [3.63, 3.8) is 0 Å². The summed E-state index contributed by atoms with van der Waals surface area (Å²) in [5.41, 5.74) is 0. The fourth-order valence-corrected chi connectivity index (χ4v) is 2.22. The van der Waals surface area contributed by atoms with Gasteiger partial charge in [0.1, 0.15) is 0 Å². The minimum absolute atomic E-state index is 0.189. The van der Waals surface area contributed by atoms with Crippen LogP contribution in [-0.4, -0.2) is 45.2 Å². The molecule has 0 aromatic heterocycles. The lowest BCUT2D eigenvalue weighted by atomic mass is 10.1. The zero-order valence-corrected chi connectivity index (χ0v) is 9.39. The normalized spacial score (nSPS) is 28.8. The molecule has 0 amide bonds. The maximum atomic E-state index is 5.52. The van der Waals surface area contributed by atoms with E-state index in [1.54, 1.807) is 0 Å². The summed E-state index contributed by atoms with van der Waals surface area (Å²) in [6.07, 6.45) is 4.79. The third kappa shape index (κ3) is 3.41. The minimum atomic E-state index is -0.189. The molecule has 3 saturated heterocycles. The van der Waals surface area contributed by atoms with Crippen LogP contribution < -0.4 is 10.6 Å². The second-order valence-corrected chi connectivity index (χ2v) is 4.31. The first kappa shape index (κ1) is 11.3. The first-order chi connectivity index (χ1) is 7.41. The maximum absolute atomic E-state index is 5.52. The molecule has 0 radical (unpaired) electrons. The van der Waals surface area contributed by atoms with Gasteiger partial charge in [0.05, 0.1) is 13.2 Å². The molecule has 0 saturated carbocycles. The van der Waals surface area contributed by atoms with E-state index in [1.807, 2.05) is 0 Å². The molecule has 3 heterocycles. The van der Waals surface area contributed by atoms with Crippen molar-refractivity contribution >= 4 is 0 Å². The Labute approximate surface area is 91.7 Å². The number of ether oxygens (including phenoxy) is 2. The van der Waals surface area contributed by atoms with Gasteiger partial charge in [-0.1, -0.05) is 0 Å². The molecule has 4 heteroatoms. The Morgan fingerprint density at radius 3 is 1.73 bits per heavy atom. The lowest BCUT2D eigenvalue weighted by Crippen LogP contribution is -2.42. The summed E-state index contributed by atoms with van der Waals surface area (Å²) in [4.78, 5) is 0. The van der Waals surface area contributed by atoms with E-state index >= 15 is 0 Å². The first-order valence-corrected chi connectivity index (χ1v) is 6.11. The number of piperidine rings is 1. The number of hydrogen-bond acceptors (Lipinski definition) is 4. The molecule has 4 nitrogen and oxygen atoms in total. The first-order valence-electron chi connectivity index (χ1n) is 6.11. The van der Waals surface area contributed by atoms with Gasteiger partial charge in [-0.25, -0.2) is 0 Å². The van der Waals surface area contributed by atoms with Crippen molar-refractivity contribution < 1.29 is 9.47 Å². The van der Waals surface area contributed by atoms with Crippen LogP contribution in [-0.2, 0) is 9.47 Å². The van der Waals surface area contributed by atoms with Crippen LogP contribution in [0.1, 0.15) is 25.7 Å². The Morgan fingerprint density at radius 1 is 0.733 bits per heavy atom. The van der Waals surface area contributed by atoms with E-state index in [0.717, 1.165) is 39.1 Å². The average Bonchev–Trinajstić information content (AvgIpc) is 2.93. The van der Waals surface area contributed by atoms with Crippen LogP contribution in [0.4, 0.5) is 0 Å². The number of hydrogen-bond donors (Lipinski definition) is 2. The monoisotopic (exact) mass is 214 g/mol. The molecule has 1 spiro atoms. The largest absolute Gasteiger partial charge is 0.347 e. The van der Waals surface area contributed by atoms with Gasteiger partial charge in [0.2, 0.25) is 0 Å². The van der Waals surface area contributed by atoms with Gasteiger partial charge in [-0.3, -0.25) is 0 Å². The molecule has 2 N–H and O–H groups in total. The van der Waals surface area contributed by atoms with Crippen LogP contribution in [0.3, 0.4) is 0 Å². The van der Waals surface area contributed by atoms with Crippen molar-refractivity contribution in [3.05, 3.63) is 0 Å². The molecule has 0 atom stereocenters. The van der Waals surface area contributed by atoms with E-state index in [9.17, 15) is 0 Å². The predicted molar refractivity (Wildman–Crippen MR) is 58.8 cm³/mol. The minimum Gasteiger partial charge on any atom is -0.347 e. The van der Waals surface area contributed by atoms with Gasteiger partial charge >= 0.3 is 0 Å². The van der Waals surface area contributed by atoms with Crippen LogP contribution in [0.15, 0.2) is 0 Å². The number of rotatable bonds is 0. The molecule has 0 bridgehead atoms. The maximum Gasteiger partial charge on any atom is 0.170 e. The van der Waals surface area contributed by atoms with Crippen LogP contribution in [0, 0.1) is 0 Å². The van der Waals surface area contributed by atoms with Crippen molar-refractivity contribution in [2.45, 2.75) is 31.5 Å². The summed E-state index contributed by atoms with van der Waals surface area (Å²) < 4.78 is 11.0. The molecule has 0 aliphatic carbocycles. The Bertz CT molecular complexity index is 162. The second-order valence-electron chi connectivity index (χ2n) is 4.31. The highest BCUT2D eigenvalue weighted by Gasteiger charge is 2.37. The molecule has 3 fully saturated rings. The highest BCUT2D eigenvalue weighted by molar-refractivity contribution is 4.80. The van der Waals surface area contributed by atoms with Gasteiger partial charge in [0, 0.05) is 25.9 Å². The Balaban J connectivity index is 0.000000144. The van der Waals surface area contributed by atoms with Crippen molar-refractivity contribution in [3.8, 4) is 0 Å². The van der Waals surface area contributed by atoms with Crippen LogP contribution in [0.2, 0.25) is 0 Å². The molecular formula is C11H22N2O2. The van der Waals surface area contributed by atoms with Crippen LogP contribution in [0.5, 0.6) is 0 Å². The van der Waals surface area contributed by atoms with Crippen molar-refractivity contribution in [2.24, 2.45) is 0 Å². The van der Waals surface area contributed by atoms with Gasteiger partial charge in [-0.15, -0.1) is 0 Å². The summed E-state index contributed by atoms with van der Waals surface area (Å²) >= 11 is 0. The summed E-state index contributed by atoms with van der Waals surface area (Å²) in [7, 11) is 0. The highest BCUT2D eigenvalue weighted by atomic mass is 16.7. The lowest BCUT2D eigenvalue weighted by molar-refractivity contribution is -0.172. The molecule has 3 aliphatic rings. The fraction of sp³-hybridized carbons (Fsp3) is 1.00. The predicted octanol–water partition coefficient (Wildman–Crippen LogP) is 0.483. The van der Waals surface area contributed by atoms with Crippen molar-refractivity contribution in [2.75, 3.05) is 39.4 Å². The quantitative estimate of drug-likeness (QED) is 0.615. The lowest BCUT2D eigenvalue weighted by Gasteiger charge is -2.31. The van der Waals surface area contributed by atoms with Crippen LogP contribution >= 0.6 is 0 Å². The Hall–Kier alpha value is -0.160. The van der Waals surface area contributed by atoms with Gasteiger partial charge in [-0.05, 0) is 25.9 Å². The van der Waals surface area contributed by atoms with Gasteiger partial charge in [0.25, 0.3) is 0 Å². The summed E-state index contributed by atoms with van der Waals surface area (Å²) in [6, 6.07) is 0. The molecule has 0 unspecified atom stereocenters. The third-order valence-corrected chi connectivity index (χ3v) is 3.14. The number of nitrogens with one attached hydrogen (secondary N) is 2. The van der Waals surface area contributed by atoms with E-state index in [-0.39, 0.29) is 5.79 Å².